The number of halogens is 2. The van der Waals surface area contributed by atoms with E-state index in [1.54, 1.807) is 4.90 Å². The molecule has 1 fully saturated rings. The number of sulfonamides is 1. The average Bonchev–Trinajstić information content (AvgIpc) is 2.96. The zero-order chi connectivity index (χ0) is 20.6. The molecule has 0 saturated carbocycles. The number of aromatic nitrogens is 1. The van der Waals surface area contributed by atoms with Gasteiger partial charge in [-0.25, -0.2) is 8.42 Å². The first-order valence-corrected chi connectivity index (χ1v) is 11.3. The molecule has 1 amide bonds. The average molecular weight is 444 g/mol. The lowest BCUT2D eigenvalue weighted by Crippen LogP contribution is -2.50. The molecule has 2 heterocycles. The van der Waals surface area contributed by atoms with Crippen LogP contribution < -0.4 is 0 Å². The van der Waals surface area contributed by atoms with Gasteiger partial charge in [0.25, 0.3) is 5.91 Å². The third kappa shape index (κ3) is 3.81. The fraction of sp³-hybridized carbons (Fsp3) is 0.421. The molecule has 9 heteroatoms. The highest BCUT2D eigenvalue weighted by atomic mass is 35.5. The van der Waals surface area contributed by atoms with Gasteiger partial charge in [0.15, 0.2) is 0 Å². The Morgan fingerprint density at radius 2 is 1.68 bits per heavy atom. The zero-order valence-corrected chi connectivity index (χ0v) is 18.4. The highest BCUT2D eigenvalue weighted by Crippen LogP contribution is 2.27. The Morgan fingerprint density at radius 1 is 1.04 bits per heavy atom. The van der Waals surface area contributed by atoms with Gasteiger partial charge in [0.05, 0.1) is 20.5 Å². The summed E-state index contributed by atoms with van der Waals surface area (Å²) < 4.78 is 29.2. The largest absolute Gasteiger partial charge is 0.349 e. The number of hydrogen-bond donors (Lipinski definition) is 0. The zero-order valence-electron chi connectivity index (χ0n) is 16.1. The lowest BCUT2D eigenvalue weighted by Gasteiger charge is -2.34. The van der Waals surface area contributed by atoms with Crippen LogP contribution in [0.25, 0.3) is 0 Å². The van der Waals surface area contributed by atoms with Gasteiger partial charge in [-0.1, -0.05) is 23.2 Å². The van der Waals surface area contributed by atoms with Crippen molar-refractivity contribution in [1.82, 2.24) is 13.8 Å². The standard InChI is InChI=1S/C19H23Cl2N3O3S/c1-4-24-13(2)11-16(14(24)3)19(25)22-7-9-23(10-8-22)28(26,27)15-5-6-17(20)18(21)12-15/h5-6,11-12H,4,7-10H2,1-3H3. The lowest BCUT2D eigenvalue weighted by molar-refractivity contribution is 0.0697. The summed E-state index contributed by atoms with van der Waals surface area (Å²) in [5.74, 6) is -0.0561. The van der Waals surface area contributed by atoms with Gasteiger partial charge < -0.3 is 9.47 Å². The number of carbonyl (C=O) groups excluding carboxylic acids is 1. The maximum Gasteiger partial charge on any atom is 0.255 e. The van der Waals surface area contributed by atoms with Crippen LogP contribution in [0.2, 0.25) is 10.0 Å². The van der Waals surface area contributed by atoms with E-state index in [4.69, 9.17) is 23.2 Å². The van der Waals surface area contributed by atoms with Crippen LogP contribution in [0.1, 0.15) is 28.7 Å². The molecule has 3 rings (SSSR count). The van der Waals surface area contributed by atoms with Crippen LogP contribution in [-0.2, 0) is 16.6 Å². The molecule has 6 nitrogen and oxygen atoms in total. The van der Waals surface area contributed by atoms with Gasteiger partial charge in [0.2, 0.25) is 10.0 Å². The number of aryl methyl sites for hydroxylation is 1. The van der Waals surface area contributed by atoms with Crippen molar-refractivity contribution in [3.8, 4) is 0 Å². The van der Waals surface area contributed by atoms with E-state index in [2.05, 4.69) is 4.57 Å². The van der Waals surface area contributed by atoms with E-state index in [9.17, 15) is 13.2 Å². The number of rotatable bonds is 4. The molecule has 0 spiro atoms. The Balaban J connectivity index is 1.73. The molecule has 0 unspecified atom stereocenters. The fourth-order valence-corrected chi connectivity index (χ4v) is 5.40. The second kappa shape index (κ2) is 8.06. The summed E-state index contributed by atoms with van der Waals surface area (Å²) in [7, 11) is -3.68. The lowest BCUT2D eigenvalue weighted by atomic mass is 10.2. The first-order valence-electron chi connectivity index (χ1n) is 9.08. The highest BCUT2D eigenvalue weighted by molar-refractivity contribution is 7.89. The number of carbonyl (C=O) groups is 1. The van der Waals surface area contributed by atoms with Crippen LogP contribution in [0.5, 0.6) is 0 Å². The molecule has 1 saturated heterocycles. The van der Waals surface area contributed by atoms with Crippen molar-refractivity contribution >= 4 is 39.1 Å². The molecule has 28 heavy (non-hydrogen) atoms. The quantitative estimate of drug-likeness (QED) is 0.725. The second-order valence-corrected chi connectivity index (χ2v) is 9.55. The Kier molecular flexibility index (Phi) is 6.10. The van der Waals surface area contributed by atoms with Crippen LogP contribution in [-0.4, -0.2) is 54.3 Å². The van der Waals surface area contributed by atoms with Gasteiger partial charge in [-0.15, -0.1) is 0 Å². The van der Waals surface area contributed by atoms with Crippen LogP contribution in [0.3, 0.4) is 0 Å². The topological polar surface area (TPSA) is 62.6 Å². The SMILES string of the molecule is CCn1c(C)cc(C(=O)N2CCN(S(=O)(=O)c3ccc(Cl)c(Cl)c3)CC2)c1C. The molecular weight excluding hydrogens is 421 g/mol. The van der Waals surface area contributed by atoms with Crippen molar-refractivity contribution in [2.75, 3.05) is 26.2 Å². The number of hydrogen-bond acceptors (Lipinski definition) is 3. The number of amides is 1. The van der Waals surface area contributed by atoms with E-state index < -0.39 is 10.0 Å². The van der Waals surface area contributed by atoms with Crippen LogP contribution in [0.4, 0.5) is 0 Å². The third-order valence-corrected chi connectivity index (χ3v) is 7.81. The summed E-state index contributed by atoms with van der Waals surface area (Å²) >= 11 is 11.8. The Bertz CT molecular complexity index is 1010. The van der Waals surface area contributed by atoms with Gasteiger partial charge in [-0.05, 0) is 45.0 Å². The van der Waals surface area contributed by atoms with Gasteiger partial charge in [0.1, 0.15) is 0 Å². The molecule has 1 aromatic heterocycles. The summed E-state index contributed by atoms with van der Waals surface area (Å²) in [6.45, 7) is 7.93. The van der Waals surface area contributed by atoms with Crippen molar-refractivity contribution in [3.05, 3.63) is 51.3 Å². The van der Waals surface area contributed by atoms with Crippen molar-refractivity contribution in [3.63, 3.8) is 0 Å². The summed E-state index contributed by atoms with van der Waals surface area (Å²) in [6.07, 6.45) is 0. The predicted octanol–water partition coefficient (Wildman–Crippen LogP) is 3.58. The normalized spacial score (nSPS) is 15.8. The minimum Gasteiger partial charge on any atom is -0.349 e. The highest BCUT2D eigenvalue weighted by Gasteiger charge is 2.31. The summed E-state index contributed by atoms with van der Waals surface area (Å²) in [5.41, 5.74) is 2.67. The summed E-state index contributed by atoms with van der Waals surface area (Å²) in [4.78, 5) is 14.7. The van der Waals surface area contributed by atoms with E-state index in [0.717, 1.165) is 17.9 Å². The smallest absolute Gasteiger partial charge is 0.255 e. The first kappa shape index (κ1) is 21.2. The van der Waals surface area contributed by atoms with Gasteiger partial charge in [-0.3, -0.25) is 4.79 Å². The van der Waals surface area contributed by atoms with Gasteiger partial charge in [0, 0.05) is 44.1 Å². The molecular formula is C19H23Cl2N3O3S. The monoisotopic (exact) mass is 443 g/mol. The molecule has 1 aliphatic rings. The van der Waals surface area contributed by atoms with E-state index >= 15 is 0 Å². The van der Waals surface area contributed by atoms with Crippen molar-refractivity contribution in [2.24, 2.45) is 0 Å². The minimum atomic E-state index is -3.68. The van der Waals surface area contributed by atoms with Crippen LogP contribution in [0.15, 0.2) is 29.2 Å². The minimum absolute atomic E-state index is 0.0561. The molecule has 0 radical (unpaired) electrons. The number of benzene rings is 1. The van der Waals surface area contributed by atoms with E-state index in [0.29, 0.717) is 23.7 Å². The van der Waals surface area contributed by atoms with Gasteiger partial charge in [-0.2, -0.15) is 4.31 Å². The molecule has 0 bridgehead atoms. The van der Waals surface area contributed by atoms with E-state index in [1.807, 2.05) is 26.8 Å². The van der Waals surface area contributed by atoms with Crippen molar-refractivity contribution in [2.45, 2.75) is 32.2 Å². The summed E-state index contributed by atoms with van der Waals surface area (Å²) in [6, 6.07) is 6.18. The molecule has 152 valence electrons. The molecule has 0 N–H and O–H groups in total. The number of piperazine rings is 1. The Morgan fingerprint density at radius 3 is 2.21 bits per heavy atom. The van der Waals surface area contributed by atoms with Crippen molar-refractivity contribution < 1.29 is 13.2 Å². The molecule has 1 aromatic carbocycles. The Labute approximate surface area is 175 Å². The van der Waals surface area contributed by atoms with E-state index in [1.165, 1.54) is 22.5 Å². The second-order valence-electron chi connectivity index (χ2n) is 6.80. The van der Waals surface area contributed by atoms with Crippen LogP contribution >= 0.6 is 23.2 Å². The van der Waals surface area contributed by atoms with E-state index in [-0.39, 0.29) is 28.9 Å². The molecule has 0 aliphatic carbocycles. The molecule has 2 aromatic rings. The number of nitrogens with zero attached hydrogens (tertiary/aromatic N) is 3. The fourth-order valence-electron chi connectivity index (χ4n) is 3.59. The first-order chi connectivity index (χ1) is 13.2. The van der Waals surface area contributed by atoms with Crippen LogP contribution in [0, 0.1) is 13.8 Å². The maximum atomic E-state index is 12.9. The predicted molar refractivity (Wildman–Crippen MR) is 111 cm³/mol. The molecule has 1 aliphatic heterocycles. The third-order valence-electron chi connectivity index (χ3n) is 5.17. The molecule has 0 atom stereocenters. The van der Waals surface area contributed by atoms with Crippen molar-refractivity contribution in [1.29, 1.82) is 0 Å². The summed E-state index contributed by atoms with van der Waals surface area (Å²) in [5, 5.41) is 0.503. The van der Waals surface area contributed by atoms with Gasteiger partial charge >= 0.3 is 0 Å². The maximum absolute atomic E-state index is 12.9. The Hall–Kier alpha value is -1.54.